The Bertz CT molecular complexity index is 902. The summed E-state index contributed by atoms with van der Waals surface area (Å²) in [6, 6.07) is 13.1. The van der Waals surface area contributed by atoms with E-state index in [1.54, 1.807) is 42.5 Å². The molecule has 1 amide bonds. The van der Waals surface area contributed by atoms with Crippen molar-refractivity contribution in [1.82, 2.24) is 0 Å². The Hall–Kier alpha value is -2.41. The molecule has 0 unspecified atom stereocenters. The van der Waals surface area contributed by atoms with Gasteiger partial charge in [0.05, 0.1) is 12.3 Å². The van der Waals surface area contributed by atoms with E-state index in [-0.39, 0.29) is 18.8 Å². The molecule has 1 saturated heterocycles. The summed E-state index contributed by atoms with van der Waals surface area (Å²) in [5.41, 5.74) is -3.32. The highest BCUT2D eigenvalue weighted by molar-refractivity contribution is 6.31. The van der Waals surface area contributed by atoms with Gasteiger partial charge in [-0.05, 0) is 23.8 Å². The van der Waals surface area contributed by atoms with E-state index in [0.29, 0.717) is 16.3 Å². The molecular weight excluding hydrogens is 358 g/mol. The summed E-state index contributed by atoms with van der Waals surface area (Å²) in [5, 5.41) is 12.1. The fourth-order valence-corrected chi connectivity index (χ4v) is 3.89. The van der Waals surface area contributed by atoms with Crippen LogP contribution in [0.5, 0.6) is 0 Å². The first kappa shape index (κ1) is 17.0. The summed E-state index contributed by atoms with van der Waals surface area (Å²) in [6.07, 6.45) is 0. The van der Waals surface area contributed by atoms with Crippen LogP contribution in [0.3, 0.4) is 0 Å². The lowest BCUT2D eigenvalue weighted by molar-refractivity contribution is -0.238. The molecule has 2 aromatic rings. The van der Waals surface area contributed by atoms with Gasteiger partial charge in [0.15, 0.2) is 0 Å². The van der Waals surface area contributed by atoms with Crippen molar-refractivity contribution in [3.8, 4) is 0 Å². The normalized spacial score (nSPS) is 28.0. The zero-order valence-electron chi connectivity index (χ0n) is 13.9. The van der Waals surface area contributed by atoms with Crippen LogP contribution in [0.1, 0.15) is 11.1 Å². The molecule has 0 aliphatic carbocycles. The summed E-state index contributed by atoms with van der Waals surface area (Å²) in [5.74, 6) is -1.50. The van der Waals surface area contributed by atoms with Crippen molar-refractivity contribution in [3.05, 3.63) is 64.7 Å². The predicted octanol–water partition coefficient (Wildman–Crippen LogP) is 1.97. The first-order chi connectivity index (χ1) is 12.4. The van der Waals surface area contributed by atoms with Gasteiger partial charge in [-0.2, -0.15) is 0 Å². The first-order valence-corrected chi connectivity index (χ1v) is 8.48. The SMILES string of the molecule is CN1C(=O)[C@@](O)([C@@]2(c3ccccc3)OCCOC2=O)c2cc(Cl)ccc21. The Kier molecular flexibility index (Phi) is 3.80. The predicted molar refractivity (Wildman–Crippen MR) is 93.8 cm³/mol. The number of fused-ring (bicyclic) bond motifs is 1. The van der Waals surface area contributed by atoms with Gasteiger partial charge in [-0.25, -0.2) is 4.79 Å². The van der Waals surface area contributed by atoms with Crippen LogP contribution in [-0.2, 0) is 30.3 Å². The van der Waals surface area contributed by atoms with E-state index < -0.39 is 23.1 Å². The van der Waals surface area contributed by atoms with E-state index >= 15 is 0 Å². The van der Waals surface area contributed by atoms with Gasteiger partial charge in [0.25, 0.3) is 5.91 Å². The number of rotatable bonds is 2. The quantitative estimate of drug-likeness (QED) is 0.814. The minimum Gasteiger partial charge on any atom is -0.461 e. The summed E-state index contributed by atoms with van der Waals surface area (Å²) in [4.78, 5) is 27.4. The standard InChI is InChI=1S/C19H16ClNO5/c1-21-15-8-7-13(20)11-14(15)18(24,16(21)22)19(12-5-3-2-4-6-12)17(23)25-9-10-26-19/h2-8,11,24H,9-10H2,1H3/t18-,19+/m1/s1. The van der Waals surface area contributed by atoms with E-state index in [4.69, 9.17) is 21.1 Å². The smallest absolute Gasteiger partial charge is 0.347 e. The number of hydrogen-bond acceptors (Lipinski definition) is 5. The fourth-order valence-electron chi connectivity index (χ4n) is 3.72. The molecule has 6 nitrogen and oxygen atoms in total. The van der Waals surface area contributed by atoms with Crippen LogP contribution >= 0.6 is 11.6 Å². The zero-order valence-corrected chi connectivity index (χ0v) is 14.7. The van der Waals surface area contributed by atoms with Crippen molar-refractivity contribution in [1.29, 1.82) is 0 Å². The molecule has 0 spiro atoms. The Morgan fingerprint density at radius 3 is 2.54 bits per heavy atom. The molecule has 2 aliphatic rings. The Labute approximate surface area is 154 Å². The zero-order chi connectivity index (χ0) is 18.5. The molecule has 1 N–H and O–H groups in total. The van der Waals surface area contributed by atoms with E-state index in [2.05, 4.69) is 0 Å². The van der Waals surface area contributed by atoms with Gasteiger partial charge in [-0.1, -0.05) is 41.9 Å². The summed E-state index contributed by atoms with van der Waals surface area (Å²) in [6.45, 7) is 0.103. The van der Waals surface area contributed by atoms with Crippen molar-refractivity contribution in [2.45, 2.75) is 11.2 Å². The van der Waals surface area contributed by atoms with Gasteiger partial charge in [0.1, 0.15) is 6.61 Å². The molecular formula is C19H16ClNO5. The number of benzene rings is 2. The van der Waals surface area contributed by atoms with Crippen LogP contribution in [0.25, 0.3) is 0 Å². The number of esters is 1. The molecule has 0 bridgehead atoms. The van der Waals surface area contributed by atoms with E-state index in [0.717, 1.165) is 0 Å². The Balaban J connectivity index is 2.05. The Morgan fingerprint density at radius 2 is 1.85 bits per heavy atom. The van der Waals surface area contributed by atoms with Crippen molar-refractivity contribution < 1.29 is 24.2 Å². The van der Waals surface area contributed by atoms with Crippen molar-refractivity contribution in [3.63, 3.8) is 0 Å². The number of ether oxygens (including phenoxy) is 2. The maximum Gasteiger partial charge on any atom is 0.347 e. The maximum atomic E-state index is 13.2. The minimum absolute atomic E-state index is 0.0514. The lowest BCUT2D eigenvalue weighted by atomic mass is 9.73. The number of carbonyl (C=O) groups excluding carboxylic acids is 2. The summed E-state index contributed by atoms with van der Waals surface area (Å²) in [7, 11) is 1.53. The third kappa shape index (κ3) is 2.00. The largest absolute Gasteiger partial charge is 0.461 e. The lowest BCUT2D eigenvalue weighted by Gasteiger charge is -2.43. The summed E-state index contributed by atoms with van der Waals surface area (Å²) < 4.78 is 11.1. The number of anilines is 1. The monoisotopic (exact) mass is 373 g/mol. The van der Waals surface area contributed by atoms with Crippen molar-refractivity contribution in [2.75, 3.05) is 25.2 Å². The molecule has 26 heavy (non-hydrogen) atoms. The van der Waals surface area contributed by atoms with E-state index in [1.807, 2.05) is 0 Å². The first-order valence-electron chi connectivity index (χ1n) is 8.10. The molecule has 2 heterocycles. The van der Waals surface area contributed by atoms with Gasteiger partial charge in [0.2, 0.25) is 11.2 Å². The number of aliphatic hydroxyl groups is 1. The number of likely N-dealkylation sites (N-methyl/N-ethyl adjacent to an activating group) is 1. The highest BCUT2D eigenvalue weighted by Crippen LogP contribution is 2.53. The fraction of sp³-hybridized carbons (Fsp3) is 0.263. The number of hydrogen-bond donors (Lipinski definition) is 1. The number of halogens is 1. The Morgan fingerprint density at radius 1 is 1.12 bits per heavy atom. The second kappa shape index (κ2) is 5.81. The second-order valence-corrected chi connectivity index (χ2v) is 6.70. The van der Waals surface area contributed by atoms with Crippen LogP contribution < -0.4 is 4.90 Å². The van der Waals surface area contributed by atoms with Crippen LogP contribution in [0, 0.1) is 0 Å². The van der Waals surface area contributed by atoms with Gasteiger partial charge in [-0.3, -0.25) is 4.79 Å². The molecule has 1 fully saturated rings. The van der Waals surface area contributed by atoms with Crippen molar-refractivity contribution in [2.24, 2.45) is 0 Å². The van der Waals surface area contributed by atoms with E-state index in [1.165, 1.54) is 18.0 Å². The van der Waals surface area contributed by atoms with Crippen LogP contribution in [0.2, 0.25) is 5.02 Å². The molecule has 2 atom stereocenters. The number of carbonyl (C=O) groups is 2. The maximum absolute atomic E-state index is 13.2. The summed E-state index contributed by atoms with van der Waals surface area (Å²) >= 11 is 6.11. The molecule has 4 rings (SSSR count). The minimum atomic E-state index is -2.30. The second-order valence-electron chi connectivity index (χ2n) is 6.27. The van der Waals surface area contributed by atoms with Gasteiger partial charge in [-0.15, -0.1) is 0 Å². The van der Waals surface area contributed by atoms with E-state index in [9.17, 15) is 14.7 Å². The van der Waals surface area contributed by atoms with Crippen LogP contribution in [0.15, 0.2) is 48.5 Å². The topological polar surface area (TPSA) is 76.1 Å². The molecule has 2 aromatic carbocycles. The highest BCUT2D eigenvalue weighted by Gasteiger charge is 2.69. The van der Waals surface area contributed by atoms with Crippen molar-refractivity contribution >= 4 is 29.2 Å². The van der Waals surface area contributed by atoms with Gasteiger partial charge in [0, 0.05) is 17.6 Å². The number of cyclic esters (lactones) is 1. The average Bonchev–Trinajstić information content (AvgIpc) is 2.85. The molecule has 0 aromatic heterocycles. The molecule has 0 radical (unpaired) electrons. The van der Waals surface area contributed by atoms with Gasteiger partial charge >= 0.3 is 5.97 Å². The molecule has 134 valence electrons. The number of nitrogens with zero attached hydrogens (tertiary/aromatic N) is 1. The third-order valence-corrected chi connectivity index (χ3v) is 5.17. The average molecular weight is 374 g/mol. The molecule has 7 heteroatoms. The number of amides is 1. The third-order valence-electron chi connectivity index (χ3n) is 4.94. The van der Waals surface area contributed by atoms with Crippen LogP contribution in [0.4, 0.5) is 5.69 Å². The highest BCUT2D eigenvalue weighted by atomic mass is 35.5. The van der Waals surface area contributed by atoms with Gasteiger partial charge < -0.3 is 19.5 Å². The molecule has 2 aliphatic heterocycles. The van der Waals surface area contributed by atoms with Crippen LogP contribution in [-0.4, -0.2) is 37.2 Å². The lowest BCUT2D eigenvalue weighted by Crippen LogP contribution is -2.63. The molecule has 0 saturated carbocycles.